The first-order chi connectivity index (χ1) is 20.5. The molecule has 3 heterocycles. The van der Waals surface area contributed by atoms with Gasteiger partial charge in [0.25, 0.3) is 5.91 Å². The molecule has 0 radical (unpaired) electrons. The predicted molar refractivity (Wildman–Crippen MR) is 156 cm³/mol. The lowest BCUT2D eigenvalue weighted by atomic mass is 10.0. The van der Waals surface area contributed by atoms with Crippen molar-refractivity contribution < 1.29 is 28.2 Å². The maximum absolute atomic E-state index is 13.3. The van der Waals surface area contributed by atoms with Gasteiger partial charge in [0.1, 0.15) is 35.0 Å². The number of fused-ring (bicyclic) bond motifs is 1. The minimum Gasteiger partial charge on any atom is -0.496 e. The second-order valence-electron chi connectivity index (χ2n) is 10.4. The van der Waals surface area contributed by atoms with Gasteiger partial charge >= 0.3 is 0 Å². The maximum Gasteiger partial charge on any atom is 0.258 e. The monoisotopic (exact) mass is 565 g/mol. The quantitative estimate of drug-likeness (QED) is 0.343. The molecule has 2 aliphatic heterocycles. The third-order valence-electron chi connectivity index (χ3n) is 7.68. The summed E-state index contributed by atoms with van der Waals surface area (Å²) in [5.74, 6) is 1.17. The Hall–Kier alpha value is -4.81. The Morgan fingerprint density at radius 1 is 1.05 bits per heavy atom. The fourth-order valence-electron chi connectivity index (χ4n) is 5.46. The molecule has 0 atom stereocenters. The molecule has 0 saturated carbocycles. The average molecular weight is 566 g/mol. The summed E-state index contributed by atoms with van der Waals surface area (Å²) in [5.41, 5.74) is 3.99. The van der Waals surface area contributed by atoms with Gasteiger partial charge in [0.05, 0.1) is 38.0 Å². The Labute approximate surface area is 243 Å². The highest BCUT2D eigenvalue weighted by Crippen LogP contribution is 2.38. The summed E-state index contributed by atoms with van der Waals surface area (Å²) in [6, 6.07) is 21.0. The van der Waals surface area contributed by atoms with E-state index >= 15 is 0 Å². The number of nitrogens with one attached hydrogen (secondary N) is 1. The molecule has 2 aliphatic rings. The SMILES string of the molecule is COc1cc(-c2cc3cccc(-c4ccc(OC5CCOCC5)c(C#N)c4)c3o2)ccc1C(=O)N1CCCNC(=O)C1. The van der Waals surface area contributed by atoms with Crippen molar-refractivity contribution in [1.82, 2.24) is 10.2 Å². The molecule has 9 heteroatoms. The highest BCUT2D eigenvalue weighted by molar-refractivity contribution is 6.00. The van der Waals surface area contributed by atoms with Gasteiger partial charge in [0.2, 0.25) is 5.91 Å². The summed E-state index contributed by atoms with van der Waals surface area (Å²) in [6.45, 7) is 2.39. The summed E-state index contributed by atoms with van der Waals surface area (Å²) in [7, 11) is 1.52. The Kier molecular flexibility index (Phi) is 7.80. The lowest BCUT2D eigenvalue weighted by Crippen LogP contribution is -2.37. The molecule has 0 bridgehead atoms. The number of methoxy groups -OCH3 is 1. The van der Waals surface area contributed by atoms with Gasteiger partial charge in [-0.25, -0.2) is 0 Å². The van der Waals surface area contributed by atoms with Gasteiger partial charge in [0, 0.05) is 42.4 Å². The van der Waals surface area contributed by atoms with Gasteiger partial charge in [-0.15, -0.1) is 0 Å². The van der Waals surface area contributed by atoms with E-state index in [9.17, 15) is 14.9 Å². The topological polar surface area (TPSA) is 114 Å². The normalized spacial score (nSPS) is 16.0. The molecule has 0 aliphatic carbocycles. The first kappa shape index (κ1) is 27.4. The number of hydrogen-bond acceptors (Lipinski definition) is 7. The predicted octanol–water partition coefficient (Wildman–Crippen LogP) is 5.17. The van der Waals surface area contributed by atoms with Crippen molar-refractivity contribution in [3.63, 3.8) is 0 Å². The zero-order valence-corrected chi connectivity index (χ0v) is 23.4. The van der Waals surface area contributed by atoms with E-state index in [2.05, 4.69) is 11.4 Å². The number of carbonyl (C=O) groups excluding carboxylic acids is 2. The van der Waals surface area contributed by atoms with E-state index in [-0.39, 0.29) is 24.5 Å². The molecule has 2 amide bonds. The summed E-state index contributed by atoms with van der Waals surface area (Å²) in [6.07, 6.45) is 2.34. The molecule has 214 valence electrons. The average Bonchev–Trinajstić information content (AvgIpc) is 3.35. The zero-order valence-electron chi connectivity index (χ0n) is 23.4. The molecule has 3 aromatic carbocycles. The molecule has 0 unspecified atom stereocenters. The number of rotatable bonds is 6. The van der Waals surface area contributed by atoms with Crippen LogP contribution >= 0.6 is 0 Å². The second-order valence-corrected chi connectivity index (χ2v) is 10.4. The lowest BCUT2D eigenvalue weighted by Gasteiger charge is -2.23. The van der Waals surface area contributed by atoms with Crippen molar-refractivity contribution >= 4 is 22.8 Å². The van der Waals surface area contributed by atoms with Crippen LogP contribution in [0.4, 0.5) is 0 Å². The molecule has 9 nitrogen and oxygen atoms in total. The lowest BCUT2D eigenvalue weighted by molar-refractivity contribution is -0.121. The summed E-state index contributed by atoms with van der Waals surface area (Å²) in [5, 5.41) is 13.6. The number of amides is 2. The van der Waals surface area contributed by atoms with Crippen molar-refractivity contribution in [3.8, 4) is 40.0 Å². The van der Waals surface area contributed by atoms with Crippen LogP contribution in [0.25, 0.3) is 33.4 Å². The van der Waals surface area contributed by atoms with Gasteiger partial charge in [-0.05, 0) is 42.3 Å². The third-order valence-corrected chi connectivity index (χ3v) is 7.68. The fraction of sp³-hybridized carbons (Fsp3) is 0.303. The van der Waals surface area contributed by atoms with E-state index in [0.717, 1.165) is 34.9 Å². The molecule has 0 spiro atoms. The van der Waals surface area contributed by atoms with Crippen LogP contribution in [0.5, 0.6) is 11.5 Å². The van der Waals surface area contributed by atoms with Gasteiger partial charge in [-0.3, -0.25) is 9.59 Å². The van der Waals surface area contributed by atoms with E-state index in [0.29, 0.717) is 66.7 Å². The highest BCUT2D eigenvalue weighted by atomic mass is 16.5. The molecule has 2 fully saturated rings. The first-order valence-electron chi connectivity index (χ1n) is 14.1. The third kappa shape index (κ3) is 5.54. The van der Waals surface area contributed by atoms with E-state index in [1.54, 1.807) is 17.0 Å². The number of ether oxygens (including phenoxy) is 3. The Morgan fingerprint density at radius 2 is 1.88 bits per heavy atom. The number of hydrogen-bond donors (Lipinski definition) is 1. The van der Waals surface area contributed by atoms with Crippen LogP contribution in [0.3, 0.4) is 0 Å². The summed E-state index contributed by atoms with van der Waals surface area (Å²) >= 11 is 0. The van der Waals surface area contributed by atoms with E-state index < -0.39 is 0 Å². The van der Waals surface area contributed by atoms with Crippen molar-refractivity contribution in [2.75, 3.05) is 40.0 Å². The Bertz CT molecular complexity index is 1680. The smallest absolute Gasteiger partial charge is 0.258 e. The fourth-order valence-corrected chi connectivity index (χ4v) is 5.46. The molecule has 1 aromatic heterocycles. The standard InChI is InChI=1S/C33H31N3O6/c1-39-30-17-22(6-8-27(30)33(38)36-13-3-12-35-31(37)20-36)29-18-23-4-2-5-26(32(23)42-29)21-7-9-28(24(16-21)19-34)41-25-10-14-40-15-11-25/h2,4-9,16-18,25H,3,10-15,20H2,1H3,(H,35,37). The van der Waals surface area contributed by atoms with Crippen molar-refractivity contribution in [3.05, 3.63) is 71.8 Å². The van der Waals surface area contributed by atoms with E-state index in [1.807, 2.05) is 48.5 Å². The first-order valence-corrected chi connectivity index (χ1v) is 14.1. The van der Waals surface area contributed by atoms with Crippen LogP contribution in [0.1, 0.15) is 35.2 Å². The van der Waals surface area contributed by atoms with E-state index in [4.69, 9.17) is 18.6 Å². The maximum atomic E-state index is 13.3. The van der Waals surface area contributed by atoms with Crippen LogP contribution < -0.4 is 14.8 Å². The Balaban J connectivity index is 1.30. The van der Waals surface area contributed by atoms with Crippen molar-refractivity contribution in [2.45, 2.75) is 25.4 Å². The molecule has 42 heavy (non-hydrogen) atoms. The highest BCUT2D eigenvalue weighted by Gasteiger charge is 2.24. The minimum atomic E-state index is -0.250. The number of benzene rings is 3. The number of furan rings is 1. The van der Waals surface area contributed by atoms with Crippen LogP contribution in [0, 0.1) is 11.3 Å². The number of para-hydroxylation sites is 1. The van der Waals surface area contributed by atoms with E-state index in [1.165, 1.54) is 7.11 Å². The summed E-state index contributed by atoms with van der Waals surface area (Å²) in [4.78, 5) is 26.8. The zero-order chi connectivity index (χ0) is 29.1. The molecular formula is C33H31N3O6. The molecular weight excluding hydrogens is 534 g/mol. The summed E-state index contributed by atoms with van der Waals surface area (Å²) < 4.78 is 23.5. The van der Waals surface area contributed by atoms with Crippen LogP contribution in [0.15, 0.2) is 65.1 Å². The molecule has 6 rings (SSSR count). The molecule has 4 aromatic rings. The molecule has 1 N–H and O–H groups in total. The number of carbonyl (C=O) groups is 2. The van der Waals surface area contributed by atoms with Gasteiger partial charge < -0.3 is 28.8 Å². The van der Waals surface area contributed by atoms with Crippen molar-refractivity contribution in [1.29, 1.82) is 5.26 Å². The minimum absolute atomic E-state index is 0.0201. The largest absolute Gasteiger partial charge is 0.496 e. The number of nitrogens with zero attached hydrogens (tertiary/aromatic N) is 2. The van der Waals surface area contributed by atoms with Gasteiger partial charge in [-0.2, -0.15) is 5.26 Å². The van der Waals surface area contributed by atoms with Crippen molar-refractivity contribution in [2.24, 2.45) is 0 Å². The van der Waals surface area contributed by atoms with Crippen LogP contribution in [-0.2, 0) is 9.53 Å². The number of nitriles is 1. The molecule has 2 saturated heterocycles. The Morgan fingerprint density at radius 3 is 2.69 bits per heavy atom. The second kappa shape index (κ2) is 12.0. The van der Waals surface area contributed by atoms with Crippen LogP contribution in [0.2, 0.25) is 0 Å². The van der Waals surface area contributed by atoms with Gasteiger partial charge in [-0.1, -0.05) is 30.3 Å². The van der Waals surface area contributed by atoms with Crippen LogP contribution in [-0.4, -0.2) is 62.8 Å². The van der Waals surface area contributed by atoms with Gasteiger partial charge in [0.15, 0.2) is 0 Å².